The van der Waals surface area contributed by atoms with Crippen LogP contribution in [-0.2, 0) is 22.5 Å². The molecule has 5 nitrogen and oxygen atoms in total. The minimum absolute atomic E-state index is 0.0819. The van der Waals surface area contributed by atoms with Crippen molar-refractivity contribution in [3.63, 3.8) is 0 Å². The Morgan fingerprint density at radius 1 is 1.65 bits per heavy atom. The number of aromatic nitrogens is 2. The predicted octanol–water partition coefficient (Wildman–Crippen LogP) is 1.10. The van der Waals surface area contributed by atoms with Crippen molar-refractivity contribution in [2.24, 2.45) is 5.92 Å². The standard InChI is InChI=1S/C11H15IN2O3/c1-16-6-8-10(12)11(15)14-9(13-8)4-7-2-3-17-5-7/h7H,2-6H2,1H3,(H,13,14,15). The molecule has 94 valence electrons. The molecule has 1 aliphatic heterocycles. The van der Waals surface area contributed by atoms with E-state index in [1.165, 1.54) is 0 Å². The number of rotatable bonds is 4. The molecule has 0 amide bonds. The van der Waals surface area contributed by atoms with Crippen LogP contribution in [0.5, 0.6) is 0 Å². The van der Waals surface area contributed by atoms with Crippen molar-refractivity contribution in [3.8, 4) is 0 Å². The van der Waals surface area contributed by atoms with Crippen LogP contribution in [0.25, 0.3) is 0 Å². The van der Waals surface area contributed by atoms with Crippen LogP contribution in [0, 0.1) is 9.49 Å². The molecule has 1 unspecified atom stereocenters. The van der Waals surface area contributed by atoms with Gasteiger partial charge in [-0.1, -0.05) is 0 Å². The van der Waals surface area contributed by atoms with E-state index < -0.39 is 0 Å². The Bertz CT molecular complexity index is 441. The summed E-state index contributed by atoms with van der Waals surface area (Å²) >= 11 is 2.00. The number of nitrogens with zero attached hydrogens (tertiary/aromatic N) is 1. The van der Waals surface area contributed by atoms with Gasteiger partial charge in [-0.3, -0.25) is 4.79 Å². The second-order valence-corrected chi connectivity index (χ2v) is 5.22. The fourth-order valence-corrected chi connectivity index (χ4v) is 2.31. The zero-order valence-electron chi connectivity index (χ0n) is 9.66. The number of hydrogen-bond donors (Lipinski definition) is 1. The Labute approximate surface area is 113 Å². The highest BCUT2D eigenvalue weighted by Gasteiger charge is 2.18. The first-order chi connectivity index (χ1) is 8.20. The molecular weight excluding hydrogens is 335 g/mol. The van der Waals surface area contributed by atoms with Gasteiger partial charge in [0.1, 0.15) is 9.39 Å². The maximum absolute atomic E-state index is 11.7. The van der Waals surface area contributed by atoms with Crippen molar-refractivity contribution in [1.29, 1.82) is 0 Å². The second kappa shape index (κ2) is 5.92. The van der Waals surface area contributed by atoms with Crippen molar-refractivity contribution < 1.29 is 9.47 Å². The van der Waals surface area contributed by atoms with Crippen LogP contribution in [0.2, 0.25) is 0 Å². The van der Waals surface area contributed by atoms with Gasteiger partial charge in [0.15, 0.2) is 0 Å². The van der Waals surface area contributed by atoms with Gasteiger partial charge in [0.05, 0.1) is 12.3 Å². The molecule has 1 aromatic rings. The third-order valence-electron chi connectivity index (χ3n) is 2.77. The van der Waals surface area contributed by atoms with E-state index in [4.69, 9.17) is 9.47 Å². The van der Waals surface area contributed by atoms with Crippen LogP contribution in [0.3, 0.4) is 0 Å². The average molecular weight is 350 g/mol. The summed E-state index contributed by atoms with van der Waals surface area (Å²) in [5.74, 6) is 1.20. The molecular formula is C11H15IN2O3. The molecule has 0 aromatic carbocycles. The van der Waals surface area contributed by atoms with Crippen LogP contribution in [-0.4, -0.2) is 30.3 Å². The summed E-state index contributed by atoms with van der Waals surface area (Å²) in [5.41, 5.74) is 0.632. The van der Waals surface area contributed by atoms with Gasteiger partial charge in [-0.2, -0.15) is 0 Å². The number of ether oxygens (including phenoxy) is 2. The summed E-state index contributed by atoms with van der Waals surface area (Å²) in [4.78, 5) is 19.0. The molecule has 1 aromatic heterocycles. The lowest BCUT2D eigenvalue weighted by Gasteiger charge is -2.09. The van der Waals surface area contributed by atoms with E-state index >= 15 is 0 Å². The first-order valence-electron chi connectivity index (χ1n) is 5.55. The monoisotopic (exact) mass is 350 g/mol. The summed E-state index contributed by atoms with van der Waals surface area (Å²) in [6.07, 6.45) is 1.80. The molecule has 1 aliphatic rings. The third kappa shape index (κ3) is 3.26. The molecule has 0 aliphatic carbocycles. The molecule has 6 heteroatoms. The topological polar surface area (TPSA) is 64.2 Å². The minimum atomic E-state index is -0.0819. The lowest BCUT2D eigenvalue weighted by molar-refractivity contribution is 0.179. The Hall–Kier alpha value is -0.470. The van der Waals surface area contributed by atoms with Gasteiger partial charge < -0.3 is 14.5 Å². The van der Waals surface area contributed by atoms with Crippen LogP contribution in [0.4, 0.5) is 0 Å². The highest BCUT2D eigenvalue weighted by molar-refractivity contribution is 14.1. The van der Waals surface area contributed by atoms with Crippen molar-refractivity contribution in [3.05, 3.63) is 25.4 Å². The Morgan fingerprint density at radius 3 is 3.12 bits per heavy atom. The summed E-state index contributed by atoms with van der Waals surface area (Å²) in [6.45, 7) is 1.94. The van der Waals surface area contributed by atoms with Gasteiger partial charge in [-0.25, -0.2) is 4.98 Å². The minimum Gasteiger partial charge on any atom is -0.381 e. The lowest BCUT2D eigenvalue weighted by atomic mass is 10.0. The Balaban J connectivity index is 2.19. The molecule has 2 rings (SSSR count). The van der Waals surface area contributed by atoms with E-state index in [2.05, 4.69) is 9.97 Å². The summed E-state index contributed by atoms with van der Waals surface area (Å²) in [5, 5.41) is 0. The van der Waals surface area contributed by atoms with E-state index in [9.17, 15) is 4.79 Å². The maximum atomic E-state index is 11.7. The molecule has 0 radical (unpaired) electrons. The summed E-state index contributed by atoms with van der Waals surface area (Å²) in [7, 11) is 1.60. The molecule has 2 heterocycles. The van der Waals surface area contributed by atoms with E-state index in [1.54, 1.807) is 7.11 Å². The van der Waals surface area contributed by atoms with E-state index in [0.717, 1.165) is 31.9 Å². The average Bonchev–Trinajstić information content (AvgIpc) is 2.78. The van der Waals surface area contributed by atoms with Crippen LogP contribution in [0.1, 0.15) is 17.9 Å². The third-order valence-corrected chi connectivity index (χ3v) is 3.88. The smallest absolute Gasteiger partial charge is 0.264 e. The normalized spacial score (nSPS) is 19.8. The first-order valence-corrected chi connectivity index (χ1v) is 6.63. The largest absolute Gasteiger partial charge is 0.381 e. The number of hydrogen-bond acceptors (Lipinski definition) is 4. The maximum Gasteiger partial charge on any atom is 0.264 e. The van der Waals surface area contributed by atoms with Gasteiger partial charge in [0, 0.05) is 26.7 Å². The van der Waals surface area contributed by atoms with Crippen molar-refractivity contribution in [1.82, 2.24) is 9.97 Å². The number of methoxy groups -OCH3 is 1. The summed E-state index contributed by atoms with van der Waals surface area (Å²) < 4.78 is 11.0. The fourth-order valence-electron chi connectivity index (χ4n) is 1.90. The quantitative estimate of drug-likeness (QED) is 0.826. The van der Waals surface area contributed by atoms with E-state index in [-0.39, 0.29) is 5.56 Å². The summed E-state index contributed by atoms with van der Waals surface area (Å²) in [6, 6.07) is 0. The Morgan fingerprint density at radius 2 is 2.47 bits per heavy atom. The second-order valence-electron chi connectivity index (χ2n) is 4.14. The fraction of sp³-hybridized carbons (Fsp3) is 0.636. The van der Waals surface area contributed by atoms with Crippen molar-refractivity contribution >= 4 is 22.6 Å². The van der Waals surface area contributed by atoms with Crippen LogP contribution < -0.4 is 5.56 Å². The molecule has 0 spiro atoms. The highest BCUT2D eigenvalue weighted by atomic mass is 127. The van der Waals surface area contributed by atoms with Crippen molar-refractivity contribution in [2.45, 2.75) is 19.4 Å². The van der Waals surface area contributed by atoms with Crippen LogP contribution >= 0.6 is 22.6 Å². The van der Waals surface area contributed by atoms with Gasteiger partial charge in [0.2, 0.25) is 0 Å². The SMILES string of the molecule is COCc1nc(CC2CCOC2)[nH]c(=O)c1I. The molecule has 17 heavy (non-hydrogen) atoms. The Kier molecular flexibility index (Phi) is 4.52. The lowest BCUT2D eigenvalue weighted by Crippen LogP contribution is -2.20. The predicted molar refractivity (Wildman–Crippen MR) is 70.9 cm³/mol. The molecule has 0 bridgehead atoms. The molecule has 1 atom stereocenters. The number of halogens is 1. The van der Waals surface area contributed by atoms with Gasteiger partial charge in [0.25, 0.3) is 5.56 Å². The van der Waals surface area contributed by atoms with Crippen LogP contribution in [0.15, 0.2) is 4.79 Å². The highest BCUT2D eigenvalue weighted by Crippen LogP contribution is 2.16. The first kappa shape index (κ1) is 13.0. The van der Waals surface area contributed by atoms with Gasteiger partial charge in [-0.15, -0.1) is 0 Å². The molecule has 1 fully saturated rings. The zero-order valence-corrected chi connectivity index (χ0v) is 11.8. The number of nitrogens with one attached hydrogen (secondary N) is 1. The van der Waals surface area contributed by atoms with Crippen molar-refractivity contribution in [2.75, 3.05) is 20.3 Å². The number of H-pyrrole nitrogens is 1. The zero-order chi connectivity index (χ0) is 12.3. The van der Waals surface area contributed by atoms with E-state index in [1.807, 2.05) is 22.6 Å². The molecule has 1 saturated heterocycles. The van der Waals surface area contributed by atoms with Gasteiger partial charge >= 0.3 is 0 Å². The van der Waals surface area contributed by atoms with Gasteiger partial charge in [-0.05, 0) is 34.9 Å². The number of aromatic amines is 1. The molecule has 0 saturated carbocycles. The molecule has 1 N–H and O–H groups in total. The van der Waals surface area contributed by atoms with E-state index in [0.29, 0.717) is 21.8 Å².